The van der Waals surface area contributed by atoms with Gasteiger partial charge in [-0.1, -0.05) is 5.92 Å². The zero-order chi connectivity index (χ0) is 11.4. The molecule has 1 heterocycles. The van der Waals surface area contributed by atoms with Gasteiger partial charge in [-0.15, -0.1) is 11.3 Å². The van der Waals surface area contributed by atoms with Gasteiger partial charge in [0.15, 0.2) is 5.01 Å². The van der Waals surface area contributed by atoms with Gasteiger partial charge in [-0.05, 0) is 24.1 Å². The minimum Gasteiger partial charge on any atom is -0.497 e. The number of nitrogens with two attached hydrogens (primary N) is 1. The van der Waals surface area contributed by atoms with E-state index in [1.165, 1.54) is 0 Å². The van der Waals surface area contributed by atoms with Crippen molar-refractivity contribution < 1.29 is 4.74 Å². The third kappa shape index (κ3) is 2.32. The molecule has 2 aromatic rings. The zero-order valence-corrected chi connectivity index (χ0v) is 9.80. The molecule has 2 N–H and O–H groups in total. The van der Waals surface area contributed by atoms with E-state index in [2.05, 4.69) is 16.8 Å². The predicted octanol–water partition coefficient (Wildman–Crippen LogP) is 2.01. The molecule has 0 aliphatic heterocycles. The van der Waals surface area contributed by atoms with Gasteiger partial charge in [-0.2, -0.15) is 0 Å². The second-order valence-electron chi connectivity index (χ2n) is 3.19. The van der Waals surface area contributed by atoms with Crippen LogP contribution in [0.4, 0.5) is 0 Å². The number of aromatic nitrogens is 1. The van der Waals surface area contributed by atoms with E-state index in [9.17, 15) is 0 Å². The second-order valence-corrected chi connectivity index (χ2v) is 4.22. The van der Waals surface area contributed by atoms with Crippen LogP contribution < -0.4 is 10.5 Å². The topological polar surface area (TPSA) is 48.1 Å². The molecular formula is C12H12N2OS. The van der Waals surface area contributed by atoms with Crippen LogP contribution in [0.15, 0.2) is 18.2 Å². The standard InChI is InChI=1S/C12H12N2OS/c1-15-9-5-6-10-11(8-9)16-12(14-10)4-2-3-7-13/h5-6,8H,3,7,13H2,1H3. The van der Waals surface area contributed by atoms with Crippen molar-refractivity contribution >= 4 is 21.6 Å². The van der Waals surface area contributed by atoms with Crippen LogP contribution in [-0.4, -0.2) is 18.6 Å². The number of rotatable bonds is 2. The Bertz CT molecular complexity index is 551. The maximum absolute atomic E-state index is 5.37. The van der Waals surface area contributed by atoms with Crippen LogP contribution in [0.25, 0.3) is 10.2 Å². The first-order valence-electron chi connectivity index (χ1n) is 4.97. The lowest BCUT2D eigenvalue weighted by molar-refractivity contribution is 0.415. The number of fused-ring (bicyclic) bond motifs is 1. The lowest BCUT2D eigenvalue weighted by Crippen LogP contribution is -1.95. The number of hydrogen-bond donors (Lipinski definition) is 1. The SMILES string of the molecule is COc1ccc2nc(C#CCCN)sc2c1. The van der Waals surface area contributed by atoms with E-state index < -0.39 is 0 Å². The summed E-state index contributed by atoms with van der Waals surface area (Å²) in [4.78, 5) is 4.41. The van der Waals surface area contributed by atoms with Crippen molar-refractivity contribution in [3.63, 3.8) is 0 Å². The van der Waals surface area contributed by atoms with Crippen LogP contribution in [0.5, 0.6) is 5.75 Å². The highest BCUT2D eigenvalue weighted by atomic mass is 32.1. The first kappa shape index (κ1) is 10.9. The molecule has 0 atom stereocenters. The zero-order valence-electron chi connectivity index (χ0n) is 8.99. The quantitative estimate of drug-likeness (QED) is 0.806. The van der Waals surface area contributed by atoms with E-state index in [1.54, 1.807) is 18.4 Å². The molecule has 0 saturated heterocycles. The summed E-state index contributed by atoms with van der Waals surface area (Å²) < 4.78 is 6.25. The van der Waals surface area contributed by atoms with Crippen LogP contribution in [0.2, 0.25) is 0 Å². The van der Waals surface area contributed by atoms with Crippen LogP contribution in [0.1, 0.15) is 11.4 Å². The molecular weight excluding hydrogens is 220 g/mol. The number of thiazole rings is 1. The maximum atomic E-state index is 5.37. The maximum Gasteiger partial charge on any atom is 0.168 e. The molecule has 4 heteroatoms. The van der Waals surface area contributed by atoms with Gasteiger partial charge >= 0.3 is 0 Å². The van der Waals surface area contributed by atoms with E-state index in [0.29, 0.717) is 13.0 Å². The first-order chi connectivity index (χ1) is 7.83. The largest absolute Gasteiger partial charge is 0.497 e. The molecule has 0 aliphatic carbocycles. The Hall–Kier alpha value is -1.57. The molecule has 0 saturated carbocycles. The highest BCUT2D eigenvalue weighted by Crippen LogP contribution is 2.25. The number of methoxy groups -OCH3 is 1. The summed E-state index contributed by atoms with van der Waals surface area (Å²) in [6.07, 6.45) is 0.708. The van der Waals surface area contributed by atoms with E-state index in [0.717, 1.165) is 21.0 Å². The van der Waals surface area contributed by atoms with Crippen molar-refractivity contribution in [2.45, 2.75) is 6.42 Å². The summed E-state index contributed by atoms with van der Waals surface area (Å²) in [6.45, 7) is 0.589. The molecule has 0 bridgehead atoms. The van der Waals surface area contributed by atoms with Gasteiger partial charge in [0.25, 0.3) is 0 Å². The van der Waals surface area contributed by atoms with Crippen molar-refractivity contribution in [3.8, 4) is 17.6 Å². The van der Waals surface area contributed by atoms with Gasteiger partial charge < -0.3 is 10.5 Å². The average Bonchev–Trinajstić information content (AvgIpc) is 2.70. The minimum absolute atomic E-state index is 0.589. The molecule has 0 spiro atoms. The summed E-state index contributed by atoms with van der Waals surface area (Å²) in [5.74, 6) is 6.84. The van der Waals surface area contributed by atoms with Crippen LogP contribution in [0.3, 0.4) is 0 Å². The predicted molar refractivity (Wildman–Crippen MR) is 66.7 cm³/mol. The lowest BCUT2D eigenvalue weighted by atomic mass is 10.3. The van der Waals surface area contributed by atoms with Crippen molar-refractivity contribution in [2.24, 2.45) is 5.73 Å². The highest BCUT2D eigenvalue weighted by Gasteiger charge is 2.02. The molecule has 1 aromatic carbocycles. The minimum atomic E-state index is 0.589. The van der Waals surface area contributed by atoms with Crippen molar-refractivity contribution in [1.29, 1.82) is 0 Å². The monoisotopic (exact) mass is 232 g/mol. The smallest absolute Gasteiger partial charge is 0.168 e. The van der Waals surface area contributed by atoms with Gasteiger partial charge in [0.05, 0.1) is 17.3 Å². The average molecular weight is 232 g/mol. The normalized spacial score (nSPS) is 9.88. The van der Waals surface area contributed by atoms with Gasteiger partial charge in [-0.3, -0.25) is 0 Å². The van der Waals surface area contributed by atoms with Crippen LogP contribution in [0, 0.1) is 11.8 Å². The Balaban J connectivity index is 2.34. The third-order valence-electron chi connectivity index (χ3n) is 2.06. The van der Waals surface area contributed by atoms with Crippen molar-refractivity contribution in [2.75, 3.05) is 13.7 Å². The van der Waals surface area contributed by atoms with Gasteiger partial charge in [0.1, 0.15) is 5.75 Å². The van der Waals surface area contributed by atoms with E-state index in [4.69, 9.17) is 10.5 Å². The lowest BCUT2D eigenvalue weighted by Gasteiger charge is -1.96. The van der Waals surface area contributed by atoms with Crippen LogP contribution >= 0.6 is 11.3 Å². The van der Waals surface area contributed by atoms with E-state index in [-0.39, 0.29) is 0 Å². The second kappa shape index (κ2) is 4.97. The Morgan fingerprint density at radius 1 is 1.50 bits per heavy atom. The molecule has 82 valence electrons. The summed E-state index contributed by atoms with van der Waals surface area (Å²) in [5.41, 5.74) is 6.33. The number of benzene rings is 1. The summed E-state index contributed by atoms with van der Waals surface area (Å²) in [6, 6.07) is 5.82. The van der Waals surface area contributed by atoms with Gasteiger partial charge in [0, 0.05) is 13.0 Å². The van der Waals surface area contributed by atoms with Gasteiger partial charge in [-0.25, -0.2) is 4.98 Å². The van der Waals surface area contributed by atoms with Crippen LogP contribution in [-0.2, 0) is 0 Å². The van der Waals surface area contributed by atoms with E-state index in [1.807, 2.05) is 18.2 Å². The molecule has 3 nitrogen and oxygen atoms in total. The molecule has 1 aromatic heterocycles. The number of nitrogens with zero attached hydrogens (tertiary/aromatic N) is 1. The summed E-state index contributed by atoms with van der Waals surface area (Å²) in [5, 5.41) is 0.830. The molecule has 0 fully saturated rings. The highest BCUT2D eigenvalue weighted by molar-refractivity contribution is 7.19. The summed E-state index contributed by atoms with van der Waals surface area (Å²) in [7, 11) is 1.66. The Labute approximate surface area is 98.3 Å². The van der Waals surface area contributed by atoms with Gasteiger partial charge in [0.2, 0.25) is 0 Å². The number of ether oxygens (including phenoxy) is 1. The fourth-order valence-corrected chi connectivity index (χ4v) is 2.16. The Morgan fingerprint density at radius 2 is 2.38 bits per heavy atom. The van der Waals surface area contributed by atoms with Crippen molar-refractivity contribution in [3.05, 3.63) is 23.2 Å². The third-order valence-corrected chi connectivity index (χ3v) is 2.99. The molecule has 0 radical (unpaired) electrons. The fraction of sp³-hybridized carbons (Fsp3) is 0.250. The number of hydrogen-bond acceptors (Lipinski definition) is 4. The molecule has 0 aliphatic rings. The molecule has 16 heavy (non-hydrogen) atoms. The first-order valence-corrected chi connectivity index (χ1v) is 5.78. The fourth-order valence-electron chi connectivity index (χ4n) is 1.30. The Kier molecular flexibility index (Phi) is 3.40. The molecule has 0 amide bonds. The molecule has 2 rings (SSSR count). The van der Waals surface area contributed by atoms with E-state index >= 15 is 0 Å². The van der Waals surface area contributed by atoms with Crippen molar-refractivity contribution in [1.82, 2.24) is 4.98 Å². The molecule has 0 unspecified atom stereocenters. The summed E-state index contributed by atoms with van der Waals surface area (Å²) >= 11 is 1.57. The Morgan fingerprint density at radius 3 is 3.12 bits per heavy atom.